The summed E-state index contributed by atoms with van der Waals surface area (Å²) in [7, 11) is 0. The molecule has 2 aliphatic heterocycles. The summed E-state index contributed by atoms with van der Waals surface area (Å²) in [5, 5.41) is 12.9. The molecule has 2 saturated heterocycles. The molecule has 33 heavy (non-hydrogen) atoms. The summed E-state index contributed by atoms with van der Waals surface area (Å²) >= 11 is 0. The van der Waals surface area contributed by atoms with Crippen molar-refractivity contribution in [3.63, 3.8) is 0 Å². The largest absolute Gasteiger partial charge is 0.476 e. The van der Waals surface area contributed by atoms with Crippen molar-refractivity contribution in [1.82, 2.24) is 19.6 Å². The smallest absolute Gasteiger partial charge is 0.356 e. The van der Waals surface area contributed by atoms with Gasteiger partial charge in [-0.1, -0.05) is 48.5 Å². The predicted octanol–water partition coefficient (Wildman–Crippen LogP) is 4.20. The molecule has 3 heterocycles. The number of carboxylic acid groups (broad SMARTS) is 1. The molecule has 7 nitrogen and oxygen atoms in total. The zero-order chi connectivity index (χ0) is 22.8. The van der Waals surface area contributed by atoms with Crippen molar-refractivity contribution in [2.24, 2.45) is 5.41 Å². The van der Waals surface area contributed by atoms with Gasteiger partial charge in [-0.3, -0.25) is 4.90 Å². The van der Waals surface area contributed by atoms with Gasteiger partial charge >= 0.3 is 12.0 Å². The van der Waals surface area contributed by atoms with E-state index in [1.54, 1.807) is 4.90 Å². The van der Waals surface area contributed by atoms with E-state index < -0.39 is 5.97 Å². The minimum atomic E-state index is -1.13. The Hall–Kier alpha value is -3.45. The number of aromatic carboxylic acids is 1. The number of carbonyl (C=O) groups is 2. The van der Waals surface area contributed by atoms with Crippen LogP contribution in [0.1, 0.15) is 35.3 Å². The summed E-state index contributed by atoms with van der Waals surface area (Å²) in [5.41, 5.74) is 3.96. The van der Waals surface area contributed by atoms with Gasteiger partial charge in [0, 0.05) is 32.4 Å². The van der Waals surface area contributed by atoms with Crippen molar-refractivity contribution in [1.29, 1.82) is 0 Å². The Bertz CT molecular complexity index is 1150. The Morgan fingerprint density at radius 2 is 1.64 bits per heavy atom. The third-order valence-corrected chi connectivity index (χ3v) is 7.06. The topological polar surface area (TPSA) is 78.7 Å². The lowest BCUT2D eigenvalue weighted by Gasteiger charge is -2.39. The first kappa shape index (κ1) is 21.4. The number of aromatic nitrogens is 2. The van der Waals surface area contributed by atoms with Crippen LogP contribution < -0.4 is 0 Å². The molecular weight excluding hydrogens is 416 g/mol. The molecule has 0 bridgehead atoms. The van der Waals surface area contributed by atoms with Gasteiger partial charge < -0.3 is 10.0 Å². The first-order valence-corrected chi connectivity index (χ1v) is 11.5. The summed E-state index contributed by atoms with van der Waals surface area (Å²) in [5.74, 6) is -1.13. The second kappa shape index (κ2) is 8.83. The average molecular weight is 445 g/mol. The number of benzene rings is 2. The molecule has 170 valence electrons. The number of nitrogens with zero attached hydrogens (tertiary/aromatic N) is 4. The van der Waals surface area contributed by atoms with Gasteiger partial charge in [0.1, 0.15) is 0 Å². The van der Waals surface area contributed by atoms with Crippen molar-refractivity contribution in [2.75, 3.05) is 26.2 Å². The summed E-state index contributed by atoms with van der Waals surface area (Å²) in [6.45, 7) is 4.42. The summed E-state index contributed by atoms with van der Waals surface area (Å²) in [6, 6.07) is 20.4. The van der Waals surface area contributed by atoms with Gasteiger partial charge in [-0.05, 0) is 60.0 Å². The first-order chi connectivity index (χ1) is 16.0. The zero-order valence-corrected chi connectivity index (χ0v) is 18.6. The molecule has 1 spiro atoms. The number of hydrogen-bond donors (Lipinski definition) is 1. The van der Waals surface area contributed by atoms with E-state index in [0.29, 0.717) is 13.1 Å². The fraction of sp³-hybridized carbons (Fsp3) is 0.346. The fourth-order valence-corrected chi connectivity index (χ4v) is 5.17. The summed E-state index contributed by atoms with van der Waals surface area (Å²) < 4.78 is 1.14. The Kier molecular flexibility index (Phi) is 5.72. The maximum absolute atomic E-state index is 12.7. The molecule has 1 amide bonds. The van der Waals surface area contributed by atoms with Gasteiger partial charge in [-0.25, -0.2) is 9.59 Å². The van der Waals surface area contributed by atoms with Crippen LogP contribution in [0.2, 0.25) is 0 Å². The van der Waals surface area contributed by atoms with Crippen LogP contribution in [0.25, 0.3) is 11.1 Å². The lowest BCUT2D eigenvalue weighted by molar-refractivity contribution is 0.0689. The Morgan fingerprint density at radius 3 is 2.36 bits per heavy atom. The molecule has 0 saturated carbocycles. The van der Waals surface area contributed by atoms with Gasteiger partial charge in [0.25, 0.3) is 0 Å². The number of amides is 1. The van der Waals surface area contributed by atoms with Crippen LogP contribution in [0.5, 0.6) is 0 Å². The van der Waals surface area contributed by atoms with Gasteiger partial charge in [0.15, 0.2) is 5.69 Å². The van der Waals surface area contributed by atoms with Crippen LogP contribution in [-0.4, -0.2) is 62.9 Å². The van der Waals surface area contributed by atoms with E-state index in [9.17, 15) is 9.59 Å². The maximum atomic E-state index is 12.7. The highest BCUT2D eigenvalue weighted by molar-refractivity contribution is 5.86. The van der Waals surface area contributed by atoms with Gasteiger partial charge in [-0.15, -0.1) is 0 Å². The van der Waals surface area contributed by atoms with Crippen molar-refractivity contribution in [2.45, 2.75) is 25.8 Å². The summed E-state index contributed by atoms with van der Waals surface area (Å²) in [6.07, 6.45) is 4.51. The van der Waals surface area contributed by atoms with Gasteiger partial charge in [-0.2, -0.15) is 9.78 Å². The SMILES string of the molecule is O=C(O)c1ccn(C(=O)N2CCC3(CCN(Cc4cccc(-c5ccccc5)c4)C3)CC2)n1. The molecule has 2 aromatic carbocycles. The van der Waals surface area contributed by atoms with Crippen LogP contribution in [0.15, 0.2) is 66.9 Å². The highest BCUT2D eigenvalue weighted by Crippen LogP contribution is 2.41. The molecule has 1 N–H and O–H groups in total. The third-order valence-electron chi connectivity index (χ3n) is 7.06. The molecule has 0 unspecified atom stereocenters. The van der Waals surface area contributed by atoms with E-state index in [1.807, 2.05) is 6.07 Å². The maximum Gasteiger partial charge on any atom is 0.356 e. The Balaban J connectivity index is 1.18. The lowest BCUT2D eigenvalue weighted by Crippen LogP contribution is -2.45. The highest BCUT2D eigenvalue weighted by Gasteiger charge is 2.41. The monoisotopic (exact) mass is 444 g/mol. The Morgan fingerprint density at radius 1 is 0.909 bits per heavy atom. The second-order valence-electron chi connectivity index (χ2n) is 9.25. The van der Waals surface area contributed by atoms with E-state index in [1.165, 1.54) is 29.0 Å². The molecular formula is C26H28N4O3. The molecule has 7 heteroatoms. The lowest BCUT2D eigenvalue weighted by atomic mass is 9.78. The standard InChI is InChI=1S/C26H28N4O3/c31-24(32)23-9-13-30(27-23)25(33)29-15-11-26(12-16-29)10-14-28(19-26)18-20-5-4-8-22(17-20)21-6-2-1-3-7-21/h1-9,13,17H,10-12,14-16,18-19H2,(H,31,32). The number of carboxylic acids is 1. The molecule has 2 aliphatic rings. The average Bonchev–Trinajstić information content (AvgIpc) is 3.48. The predicted molar refractivity (Wildman–Crippen MR) is 125 cm³/mol. The number of piperidine rings is 1. The summed E-state index contributed by atoms with van der Waals surface area (Å²) in [4.78, 5) is 28.1. The van der Waals surface area contributed by atoms with Crippen molar-refractivity contribution in [3.8, 4) is 11.1 Å². The van der Waals surface area contributed by atoms with E-state index in [-0.39, 0.29) is 17.1 Å². The van der Waals surface area contributed by atoms with Gasteiger partial charge in [0.2, 0.25) is 0 Å². The molecule has 3 aromatic rings. The normalized spacial score (nSPS) is 18.0. The van der Waals surface area contributed by atoms with Crippen LogP contribution in [0.4, 0.5) is 4.79 Å². The van der Waals surface area contributed by atoms with E-state index in [2.05, 4.69) is 58.5 Å². The molecule has 5 rings (SSSR count). The van der Waals surface area contributed by atoms with Crippen LogP contribution in [-0.2, 0) is 6.54 Å². The van der Waals surface area contributed by atoms with E-state index >= 15 is 0 Å². The highest BCUT2D eigenvalue weighted by atomic mass is 16.4. The molecule has 1 aromatic heterocycles. The molecule has 0 aliphatic carbocycles. The second-order valence-corrected chi connectivity index (χ2v) is 9.25. The molecule has 0 atom stereocenters. The number of rotatable bonds is 4. The number of carbonyl (C=O) groups excluding carboxylic acids is 1. The van der Waals surface area contributed by atoms with Crippen LogP contribution in [0.3, 0.4) is 0 Å². The zero-order valence-electron chi connectivity index (χ0n) is 18.6. The van der Waals surface area contributed by atoms with E-state index in [0.717, 1.165) is 43.6 Å². The minimum Gasteiger partial charge on any atom is -0.476 e. The van der Waals surface area contributed by atoms with Crippen molar-refractivity contribution in [3.05, 3.63) is 78.1 Å². The van der Waals surface area contributed by atoms with Crippen LogP contribution >= 0.6 is 0 Å². The fourth-order valence-electron chi connectivity index (χ4n) is 5.17. The molecule has 2 fully saturated rings. The van der Waals surface area contributed by atoms with Crippen molar-refractivity contribution >= 4 is 12.0 Å². The number of likely N-dealkylation sites (tertiary alicyclic amines) is 2. The first-order valence-electron chi connectivity index (χ1n) is 11.5. The van der Waals surface area contributed by atoms with Gasteiger partial charge in [0.05, 0.1) is 0 Å². The minimum absolute atomic E-state index is 0.111. The third kappa shape index (κ3) is 4.54. The molecule has 0 radical (unpaired) electrons. The van der Waals surface area contributed by atoms with E-state index in [4.69, 9.17) is 5.11 Å². The van der Waals surface area contributed by atoms with Crippen LogP contribution in [0, 0.1) is 5.41 Å². The number of hydrogen-bond acceptors (Lipinski definition) is 4. The Labute approximate surface area is 193 Å². The van der Waals surface area contributed by atoms with Crippen molar-refractivity contribution < 1.29 is 14.7 Å². The quantitative estimate of drug-likeness (QED) is 0.652.